The van der Waals surface area contributed by atoms with Crippen molar-refractivity contribution in [1.29, 1.82) is 0 Å². The zero-order valence-corrected chi connectivity index (χ0v) is 13.2. The Morgan fingerprint density at radius 1 is 1.35 bits per heavy atom. The Hall–Kier alpha value is -2.91. The van der Waals surface area contributed by atoms with Crippen molar-refractivity contribution in [2.45, 2.75) is 19.9 Å². The van der Waals surface area contributed by atoms with Crippen LogP contribution < -0.4 is 11.1 Å². The van der Waals surface area contributed by atoms with Crippen molar-refractivity contribution in [2.75, 3.05) is 7.05 Å². The van der Waals surface area contributed by atoms with E-state index in [0.717, 1.165) is 11.1 Å². The van der Waals surface area contributed by atoms with E-state index in [1.807, 2.05) is 6.92 Å². The number of carbonyl (C=O) groups is 1. The molecule has 6 nitrogen and oxygen atoms in total. The van der Waals surface area contributed by atoms with Gasteiger partial charge in [0.2, 0.25) is 5.91 Å². The number of benzene rings is 1. The number of primary amides is 1. The second-order valence-electron chi connectivity index (χ2n) is 5.03. The fraction of sp³-hybridized carbons (Fsp3) is 0.235. The van der Waals surface area contributed by atoms with E-state index in [1.165, 1.54) is 0 Å². The van der Waals surface area contributed by atoms with Crippen molar-refractivity contribution in [2.24, 2.45) is 5.73 Å². The highest BCUT2D eigenvalue weighted by molar-refractivity contribution is 5.81. The number of nitrogens with one attached hydrogen (secondary N) is 1. The van der Waals surface area contributed by atoms with Crippen molar-refractivity contribution >= 4 is 5.91 Å². The number of hydrogen-bond acceptors (Lipinski definition) is 5. The van der Waals surface area contributed by atoms with Crippen LogP contribution in [-0.2, 0) is 4.79 Å². The zero-order chi connectivity index (χ0) is 17.0. The SMILES string of the molecule is CC#Cc1ccc(-c2nnc(C(NC)C(N)=O)cc2C)c(O)c1. The molecule has 0 bridgehead atoms. The van der Waals surface area contributed by atoms with E-state index >= 15 is 0 Å². The molecule has 1 amide bonds. The highest BCUT2D eigenvalue weighted by Crippen LogP contribution is 2.30. The first-order chi connectivity index (χ1) is 11.0. The van der Waals surface area contributed by atoms with Crippen LogP contribution in [0.15, 0.2) is 24.3 Å². The summed E-state index contributed by atoms with van der Waals surface area (Å²) in [5.41, 5.74) is 8.37. The van der Waals surface area contributed by atoms with Gasteiger partial charge in [-0.2, -0.15) is 5.10 Å². The van der Waals surface area contributed by atoms with Gasteiger partial charge >= 0.3 is 0 Å². The van der Waals surface area contributed by atoms with E-state index in [-0.39, 0.29) is 5.75 Å². The third kappa shape index (κ3) is 3.47. The maximum atomic E-state index is 11.4. The molecule has 4 N–H and O–H groups in total. The average molecular weight is 310 g/mol. The van der Waals surface area contributed by atoms with Gasteiger partial charge in [-0.05, 0) is 50.7 Å². The zero-order valence-electron chi connectivity index (χ0n) is 13.2. The number of amides is 1. The van der Waals surface area contributed by atoms with Gasteiger partial charge in [0.25, 0.3) is 0 Å². The minimum Gasteiger partial charge on any atom is -0.507 e. The average Bonchev–Trinajstić information content (AvgIpc) is 2.49. The molecule has 1 unspecified atom stereocenters. The minimum absolute atomic E-state index is 0.0791. The number of carbonyl (C=O) groups excluding carboxylic acids is 1. The largest absolute Gasteiger partial charge is 0.507 e. The van der Waals surface area contributed by atoms with Gasteiger partial charge in [-0.25, -0.2) is 0 Å². The molecule has 118 valence electrons. The number of likely N-dealkylation sites (N-methyl/N-ethyl adjacent to an activating group) is 1. The maximum absolute atomic E-state index is 11.4. The van der Waals surface area contributed by atoms with Crippen LogP contribution in [0.3, 0.4) is 0 Å². The molecule has 2 rings (SSSR count). The number of aromatic hydroxyl groups is 1. The Balaban J connectivity index is 2.45. The van der Waals surface area contributed by atoms with Gasteiger partial charge in [0, 0.05) is 11.1 Å². The molecule has 2 aromatic rings. The molecule has 0 aliphatic rings. The molecule has 1 atom stereocenters. The first-order valence-electron chi connectivity index (χ1n) is 7.05. The van der Waals surface area contributed by atoms with E-state index < -0.39 is 11.9 Å². The number of hydrogen-bond donors (Lipinski definition) is 3. The Morgan fingerprint density at radius 2 is 2.09 bits per heavy atom. The van der Waals surface area contributed by atoms with Crippen LogP contribution in [0.1, 0.15) is 29.8 Å². The summed E-state index contributed by atoms with van der Waals surface area (Å²) in [5, 5.41) is 21.2. The van der Waals surface area contributed by atoms with Crippen LogP contribution in [0.4, 0.5) is 0 Å². The number of nitrogens with two attached hydrogens (primary N) is 1. The van der Waals surface area contributed by atoms with Crippen LogP contribution in [0.5, 0.6) is 5.75 Å². The summed E-state index contributed by atoms with van der Waals surface area (Å²) in [6.45, 7) is 3.57. The number of nitrogens with zero attached hydrogens (tertiary/aromatic N) is 2. The third-order valence-corrected chi connectivity index (χ3v) is 3.39. The van der Waals surface area contributed by atoms with Gasteiger partial charge < -0.3 is 16.2 Å². The monoisotopic (exact) mass is 310 g/mol. The van der Waals surface area contributed by atoms with Gasteiger partial charge in [-0.3, -0.25) is 4.79 Å². The van der Waals surface area contributed by atoms with Gasteiger partial charge in [-0.1, -0.05) is 5.92 Å². The number of phenols is 1. The topological polar surface area (TPSA) is 101 Å². The van der Waals surface area contributed by atoms with Gasteiger partial charge in [0.05, 0.1) is 11.4 Å². The van der Waals surface area contributed by atoms with Crippen LogP contribution in [-0.4, -0.2) is 28.3 Å². The molecule has 6 heteroatoms. The molecule has 1 heterocycles. The molecule has 0 fully saturated rings. The van der Waals surface area contributed by atoms with Crippen molar-refractivity contribution in [1.82, 2.24) is 15.5 Å². The van der Waals surface area contributed by atoms with E-state index in [9.17, 15) is 9.90 Å². The Labute approximate surface area is 134 Å². The second-order valence-corrected chi connectivity index (χ2v) is 5.03. The second kappa shape index (κ2) is 6.90. The van der Waals surface area contributed by atoms with Crippen LogP contribution in [0, 0.1) is 18.8 Å². The lowest BCUT2D eigenvalue weighted by Gasteiger charge is -2.13. The summed E-state index contributed by atoms with van der Waals surface area (Å²) in [6.07, 6.45) is 0. The van der Waals surface area contributed by atoms with Crippen molar-refractivity contribution in [3.8, 4) is 28.8 Å². The van der Waals surface area contributed by atoms with Crippen LogP contribution in [0.25, 0.3) is 11.3 Å². The van der Waals surface area contributed by atoms with E-state index in [2.05, 4.69) is 27.4 Å². The summed E-state index contributed by atoms with van der Waals surface area (Å²) in [4.78, 5) is 11.4. The fourth-order valence-electron chi connectivity index (χ4n) is 2.30. The first-order valence-corrected chi connectivity index (χ1v) is 7.05. The molecule has 1 aromatic heterocycles. The van der Waals surface area contributed by atoms with E-state index in [4.69, 9.17) is 5.73 Å². The lowest BCUT2D eigenvalue weighted by atomic mass is 10.0. The predicted octanol–water partition coefficient (Wildman–Crippen LogP) is 1.27. The Morgan fingerprint density at radius 3 is 2.61 bits per heavy atom. The van der Waals surface area contributed by atoms with E-state index in [1.54, 1.807) is 38.2 Å². The molecule has 0 spiro atoms. The quantitative estimate of drug-likeness (QED) is 0.738. The van der Waals surface area contributed by atoms with Gasteiger partial charge in [0.1, 0.15) is 11.8 Å². The molecule has 23 heavy (non-hydrogen) atoms. The summed E-state index contributed by atoms with van der Waals surface area (Å²) in [6, 6.07) is 6.16. The molecular weight excluding hydrogens is 292 g/mol. The lowest BCUT2D eigenvalue weighted by Crippen LogP contribution is -2.32. The summed E-state index contributed by atoms with van der Waals surface area (Å²) in [7, 11) is 1.62. The van der Waals surface area contributed by atoms with Crippen molar-refractivity contribution in [3.63, 3.8) is 0 Å². The molecular formula is C17H18N4O2. The van der Waals surface area contributed by atoms with Crippen LogP contribution in [0.2, 0.25) is 0 Å². The Bertz CT molecular complexity index is 806. The fourth-order valence-corrected chi connectivity index (χ4v) is 2.30. The third-order valence-electron chi connectivity index (χ3n) is 3.39. The standard InChI is InChI=1S/C17H18N4O2/c1-4-5-11-6-7-12(14(22)9-11)15-10(2)8-13(20-21-15)16(19-3)17(18)23/h6-9,16,19,22H,1-3H3,(H2,18,23). The number of rotatable bonds is 4. The highest BCUT2D eigenvalue weighted by atomic mass is 16.3. The minimum atomic E-state index is -0.703. The van der Waals surface area contributed by atoms with Gasteiger partial charge in [0.15, 0.2) is 0 Å². The number of aryl methyl sites for hydroxylation is 1. The number of aromatic nitrogens is 2. The molecule has 0 aliphatic heterocycles. The smallest absolute Gasteiger partial charge is 0.240 e. The number of phenolic OH excluding ortho intramolecular Hbond substituents is 1. The van der Waals surface area contributed by atoms with Crippen molar-refractivity contribution < 1.29 is 9.90 Å². The first kappa shape index (κ1) is 16.5. The van der Waals surface area contributed by atoms with E-state index in [0.29, 0.717) is 17.0 Å². The lowest BCUT2D eigenvalue weighted by molar-refractivity contribution is -0.120. The van der Waals surface area contributed by atoms with Crippen molar-refractivity contribution in [3.05, 3.63) is 41.1 Å². The predicted molar refractivity (Wildman–Crippen MR) is 87.4 cm³/mol. The molecule has 0 saturated heterocycles. The maximum Gasteiger partial charge on any atom is 0.240 e. The summed E-state index contributed by atoms with van der Waals surface area (Å²) in [5.74, 6) is 5.21. The summed E-state index contributed by atoms with van der Waals surface area (Å²) < 4.78 is 0. The van der Waals surface area contributed by atoms with Gasteiger partial charge in [-0.15, -0.1) is 11.0 Å². The highest BCUT2D eigenvalue weighted by Gasteiger charge is 2.19. The summed E-state index contributed by atoms with van der Waals surface area (Å²) >= 11 is 0. The molecule has 0 radical (unpaired) electrons. The van der Waals surface area contributed by atoms with Crippen LogP contribution >= 0.6 is 0 Å². The molecule has 0 aliphatic carbocycles. The molecule has 1 aromatic carbocycles. The Kier molecular flexibility index (Phi) is 4.94. The molecule has 0 saturated carbocycles. The normalized spacial score (nSPS) is 11.4.